The zero-order chi connectivity index (χ0) is 13.5. The molecule has 1 heterocycles. The molecular formula is C15H20ClN3. The topological polar surface area (TPSA) is 41.6 Å². The summed E-state index contributed by atoms with van der Waals surface area (Å²) in [5, 5.41) is 0.748. The summed E-state index contributed by atoms with van der Waals surface area (Å²) in [5.74, 6) is 1.43. The minimum Gasteiger partial charge on any atom is -0.369 e. The monoisotopic (exact) mass is 277 g/mol. The molecule has 4 heteroatoms. The van der Waals surface area contributed by atoms with Gasteiger partial charge in [-0.15, -0.1) is 0 Å². The summed E-state index contributed by atoms with van der Waals surface area (Å²) in [5.41, 5.74) is 7.30. The fraction of sp³-hybridized carbons (Fsp3) is 0.533. The van der Waals surface area contributed by atoms with Crippen molar-refractivity contribution < 1.29 is 0 Å². The zero-order valence-electron chi connectivity index (χ0n) is 11.3. The minimum absolute atomic E-state index is 0.0927. The maximum absolute atomic E-state index is 6.14. The van der Waals surface area contributed by atoms with Gasteiger partial charge in [-0.3, -0.25) is 4.99 Å². The largest absolute Gasteiger partial charge is 0.369 e. The van der Waals surface area contributed by atoms with Gasteiger partial charge < -0.3 is 10.6 Å². The first kappa shape index (κ1) is 12.8. The maximum atomic E-state index is 6.14. The second kappa shape index (κ2) is 4.71. The molecule has 1 fully saturated rings. The lowest BCUT2D eigenvalue weighted by molar-refractivity contribution is 0.435. The first-order valence-electron chi connectivity index (χ1n) is 7.00. The third-order valence-electron chi connectivity index (χ3n) is 4.57. The van der Waals surface area contributed by atoms with Gasteiger partial charge in [-0.2, -0.15) is 0 Å². The highest BCUT2D eigenvalue weighted by Crippen LogP contribution is 2.45. The van der Waals surface area contributed by atoms with E-state index in [9.17, 15) is 0 Å². The number of halogens is 1. The molecule has 2 atom stereocenters. The Balaban J connectivity index is 1.95. The molecule has 3 rings (SSSR count). The van der Waals surface area contributed by atoms with Crippen molar-refractivity contribution in [3.63, 3.8) is 0 Å². The van der Waals surface area contributed by atoms with E-state index in [2.05, 4.69) is 22.9 Å². The molecule has 1 aromatic rings. The highest BCUT2D eigenvalue weighted by molar-refractivity contribution is 6.31. The fourth-order valence-corrected chi connectivity index (χ4v) is 3.73. The van der Waals surface area contributed by atoms with Gasteiger partial charge in [0, 0.05) is 10.7 Å². The van der Waals surface area contributed by atoms with Crippen LogP contribution in [0.15, 0.2) is 29.3 Å². The van der Waals surface area contributed by atoms with E-state index < -0.39 is 0 Å². The molecule has 0 aromatic heterocycles. The summed E-state index contributed by atoms with van der Waals surface area (Å²) in [6.45, 7) is 3.09. The van der Waals surface area contributed by atoms with Gasteiger partial charge in [0.2, 0.25) is 0 Å². The van der Waals surface area contributed by atoms with Gasteiger partial charge in [-0.25, -0.2) is 0 Å². The van der Waals surface area contributed by atoms with Gasteiger partial charge in [-0.1, -0.05) is 31.0 Å². The minimum atomic E-state index is 0.0927. The first-order valence-corrected chi connectivity index (χ1v) is 7.38. The van der Waals surface area contributed by atoms with E-state index in [1.807, 2.05) is 18.2 Å². The van der Waals surface area contributed by atoms with Crippen LogP contribution in [0.1, 0.15) is 32.6 Å². The summed E-state index contributed by atoms with van der Waals surface area (Å²) in [6.07, 6.45) is 4.86. The molecule has 1 saturated carbocycles. The second-order valence-electron chi connectivity index (χ2n) is 5.73. The molecule has 2 aliphatic rings. The Labute approximate surface area is 119 Å². The molecule has 0 bridgehead atoms. The van der Waals surface area contributed by atoms with E-state index in [4.69, 9.17) is 17.3 Å². The predicted molar refractivity (Wildman–Crippen MR) is 80.8 cm³/mol. The molecule has 102 valence electrons. The van der Waals surface area contributed by atoms with Crippen molar-refractivity contribution in [2.24, 2.45) is 16.6 Å². The van der Waals surface area contributed by atoms with Gasteiger partial charge in [0.15, 0.2) is 5.96 Å². The van der Waals surface area contributed by atoms with Crippen molar-refractivity contribution in [2.45, 2.75) is 38.1 Å². The van der Waals surface area contributed by atoms with Crippen LogP contribution in [0.5, 0.6) is 0 Å². The summed E-state index contributed by atoms with van der Waals surface area (Å²) in [6, 6.07) is 7.92. The van der Waals surface area contributed by atoms with Gasteiger partial charge in [0.1, 0.15) is 0 Å². The lowest BCUT2D eigenvalue weighted by Gasteiger charge is -2.36. The fourth-order valence-electron chi connectivity index (χ4n) is 3.54. The van der Waals surface area contributed by atoms with Crippen LogP contribution in [0.2, 0.25) is 5.02 Å². The lowest BCUT2D eigenvalue weighted by atomic mass is 9.93. The number of hydrogen-bond acceptors (Lipinski definition) is 3. The molecule has 0 saturated heterocycles. The van der Waals surface area contributed by atoms with Crippen LogP contribution in [-0.4, -0.2) is 18.0 Å². The smallest absolute Gasteiger partial charge is 0.196 e. The van der Waals surface area contributed by atoms with Gasteiger partial charge in [0.05, 0.1) is 12.1 Å². The SMILES string of the molecule is CCC1CCC2(CN=C(N)N2c2cccc(Cl)c2)C1. The van der Waals surface area contributed by atoms with Crippen LogP contribution in [-0.2, 0) is 0 Å². The number of guanidine groups is 1. The first-order chi connectivity index (χ1) is 9.14. The van der Waals surface area contributed by atoms with Gasteiger partial charge in [0.25, 0.3) is 0 Å². The molecular weight excluding hydrogens is 258 g/mol. The molecule has 1 spiro atoms. The standard InChI is InChI=1S/C15H20ClN3/c1-2-11-6-7-15(9-11)10-18-14(17)19(15)13-5-3-4-12(16)8-13/h3-5,8,11H,2,6-7,9-10H2,1H3,(H2,17,18). The zero-order valence-corrected chi connectivity index (χ0v) is 12.0. The molecule has 2 N–H and O–H groups in total. The molecule has 2 unspecified atom stereocenters. The number of aliphatic imine (C=N–C) groups is 1. The van der Waals surface area contributed by atoms with E-state index in [0.29, 0.717) is 5.96 Å². The summed E-state index contributed by atoms with van der Waals surface area (Å²) in [7, 11) is 0. The normalized spacial score (nSPS) is 30.1. The Morgan fingerprint density at radius 2 is 2.37 bits per heavy atom. The van der Waals surface area contributed by atoms with Crippen LogP contribution < -0.4 is 10.6 Å². The van der Waals surface area contributed by atoms with Crippen LogP contribution in [0.4, 0.5) is 5.69 Å². The van der Waals surface area contributed by atoms with Gasteiger partial charge in [-0.05, 0) is 43.4 Å². The third-order valence-corrected chi connectivity index (χ3v) is 4.80. The molecule has 1 aromatic carbocycles. The van der Waals surface area contributed by atoms with Crippen LogP contribution in [0.3, 0.4) is 0 Å². The van der Waals surface area contributed by atoms with Crippen LogP contribution >= 0.6 is 11.6 Å². The molecule has 0 amide bonds. The van der Waals surface area contributed by atoms with Crippen LogP contribution in [0.25, 0.3) is 0 Å². The Morgan fingerprint density at radius 3 is 3.05 bits per heavy atom. The Morgan fingerprint density at radius 1 is 1.53 bits per heavy atom. The number of nitrogens with two attached hydrogens (primary N) is 1. The molecule has 3 nitrogen and oxygen atoms in total. The van der Waals surface area contributed by atoms with Crippen molar-refractivity contribution in [1.29, 1.82) is 0 Å². The van der Waals surface area contributed by atoms with E-state index in [1.54, 1.807) is 0 Å². The third kappa shape index (κ3) is 2.10. The van der Waals surface area contributed by atoms with Crippen molar-refractivity contribution in [3.05, 3.63) is 29.3 Å². The highest BCUT2D eigenvalue weighted by Gasteiger charge is 2.47. The van der Waals surface area contributed by atoms with Crippen molar-refractivity contribution in [2.75, 3.05) is 11.4 Å². The number of nitrogens with zero attached hydrogens (tertiary/aromatic N) is 2. The molecule has 0 radical (unpaired) electrons. The summed E-state index contributed by atoms with van der Waals surface area (Å²) < 4.78 is 0. The Kier molecular flexibility index (Phi) is 3.17. The quantitative estimate of drug-likeness (QED) is 0.900. The molecule has 1 aliphatic carbocycles. The van der Waals surface area contributed by atoms with E-state index in [1.165, 1.54) is 25.7 Å². The average molecular weight is 278 g/mol. The Hall–Kier alpha value is -1.22. The highest BCUT2D eigenvalue weighted by atomic mass is 35.5. The number of rotatable bonds is 2. The lowest BCUT2D eigenvalue weighted by Crippen LogP contribution is -2.50. The van der Waals surface area contributed by atoms with E-state index >= 15 is 0 Å². The number of hydrogen-bond donors (Lipinski definition) is 1. The number of benzene rings is 1. The van der Waals surface area contributed by atoms with Crippen molar-refractivity contribution >= 4 is 23.2 Å². The van der Waals surface area contributed by atoms with Crippen molar-refractivity contribution in [1.82, 2.24) is 0 Å². The molecule has 19 heavy (non-hydrogen) atoms. The second-order valence-corrected chi connectivity index (χ2v) is 6.17. The van der Waals surface area contributed by atoms with Crippen LogP contribution in [0, 0.1) is 5.92 Å². The average Bonchev–Trinajstić information content (AvgIpc) is 2.95. The maximum Gasteiger partial charge on any atom is 0.196 e. The summed E-state index contributed by atoms with van der Waals surface area (Å²) >= 11 is 6.11. The van der Waals surface area contributed by atoms with Crippen molar-refractivity contribution in [3.8, 4) is 0 Å². The Bertz CT molecular complexity index is 514. The van der Waals surface area contributed by atoms with E-state index in [-0.39, 0.29) is 5.54 Å². The predicted octanol–water partition coefficient (Wildman–Crippen LogP) is 3.42. The molecule has 1 aliphatic heterocycles. The van der Waals surface area contributed by atoms with E-state index in [0.717, 1.165) is 23.2 Å². The van der Waals surface area contributed by atoms with Gasteiger partial charge >= 0.3 is 0 Å². The summed E-state index contributed by atoms with van der Waals surface area (Å²) in [4.78, 5) is 6.72. The number of anilines is 1.